The van der Waals surface area contributed by atoms with E-state index in [9.17, 15) is 5.11 Å². The SMILES string of the molecule is CCCC[C@H](N)c1ccccc1O.Cl. The maximum absolute atomic E-state index is 9.50. The summed E-state index contributed by atoms with van der Waals surface area (Å²) in [6, 6.07) is 7.25. The summed E-state index contributed by atoms with van der Waals surface area (Å²) < 4.78 is 0. The topological polar surface area (TPSA) is 46.2 Å². The van der Waals surface area contributed by atoms with Crippen LogP contribution in [0.2, 0.25) is 0 Å². The number of para-hydroxylation sites is 1. The maximum atomic E-state index is 9.50. The van der Waals surface area contributed by atoms with Gasteiger partial charge in [-0.25, -0.2) is 0 Å². The van der Waals surface area contributed by atoms with E-state index in [1.54, 1.807) is 6.07 Å². The normalized spacial score (nSPS) is 11.9. The predicted molar refractivity (Wildman–Crippen MR) is 61.8 cm³/mol. The molecule has 2 nitrogen and oxygen atoms in total. The van der Waals surface area contributed by atoms with Gasteiger partial charge in [0.05, 0.1) is 0 Å². The Morgan fingerprint density at radius 3 is 2.57 bits per heavy atom. The van der Waals surface area contributed by atoms with Crippen molar-refractivity contribution in [1.29, 1.82) is 0 Å². The van der Waals surface area contributed by atoms with Crippen LogP contribution in [0.25, 0.3) is 0 Å². The Labute approximate surface area is 91.5 Å². The number of aromatic hydroxyl groups is 1. The molecule has 0 fully saturated rings. The molecule has 0 aliphatic carbocycles. The highest BCUT2D eigenvalue weighted by Gasteiger charge is 2.08. The second-order valence-electron chi connectivity index (χ2n) is 3.31. The van der Waals surface area contributed by atoms with E-state index in [-0.39, 0.29) is 18.4 Å². The highest BCUT2D eigenvalue weighted by molar-refractivity contribution is 5.85. The second-order valence-corrected chi connectivity index (χ2v) is 3.31. The van der Waals surface area contributed by atoms with Gasteiger partial charge in [-0.15, -0.1) is 12.4 Å². The number of phenols is 1. The predicted octanol–water partition coefficient (Wildman–Crippen LogP) is 3.00. The number of hydrogen-bond donors (Lipinski definition) is 2. The monoisotopic (exact) mass is 215 g/mol. The van der Waals surface area contributed by atoms with Crippen LogP contribution in [0, 0.1) is 0 Å². The number of benzene rings is 1. The Kier molecular flexibility index (Phi) is 6.34. The Bertz CT molecular complexity index is 265. The average molecular weight is 216 g/mol. The van der Waals surface area contributed by atoms with Crippen LogP contribution in [0.1, 0.15) is 37.8 Å². The molecule has 1 aromatic rings. The molecule has 1 aromatic carbocycles. The molecular formula is C11H18ClNO. The van der Waals surface area contributed by atoms with Gasteiger partial charge in [-0.05, 0) is 12.5 Å². The van der Waals surface area contributed by atoms with Crippen molar-refractivity contribution in [3.63, 3.8) is 0 Å². The van der Waals surface area contributed by atoms with Gasteiger partial charge in [-0.3, -0.25) is 0 Å². The summed E-state index contributed by atoms with van der Waals surface area (Å²) in [5, 5.41) is 9.50. The minimum absolute atomic E-state index is 0. The van der Waals surface area contributed by atoms with E-state index in [0.29, 0.717) is 5.75 Å². The highest BCUT2D eigenvalue weighted by Crippen LogP contribution is 2.24. The van der Waals surface area contributed by atoms with Crippen LogP contribution in [-0.2, 0) is 0 Å². The van der Waals surface area contributed by atoms with Crippen LogP contribution >= 0.6 is 12.4 Å². The Morgan fingerprint density at radius 2 is 2.00 bits per heavy atom. The lowest BCUT2D eigenvalue weighted by Gasteiger charge is -2.12. The van der Waals surface area contributed by atoms with Gasteiger partial charge in [0, 0.05) is 11.6 Å². The third-order valence-corrected chi connectivity index (χ3v) is 2.20. The zero-order valence-electron chi connectivity index (χ0n) is 8.44. The third kappa shape index (κ3) is 3.56. The molecule has 0 amide bonds. The lowest BCUT2D eigenvalue weighted by atomic mass is 10.0. The fourth-order valence-corrected chi connectivity index (χ4v) is 1.38. The Balaban J connectivity index is 0.00000169. The molecule has 3 N–H and O–H groups in total. The number of halogens is 1. The van der Waals surface area contributed by atoms with E-state index >= 15 is 0 Å². The molecular weight excluding hydrogens is 198 g/mol. The number of unbranched alkanes of at least 4 members (excludes halogenated alkanes) is 1. The molecule has 0 aromatic heterocycles. The Morgan fingerprint density at radius 1 is 1.36 bits per heavy atom. The van der Waals surface area contributed by atoms with E-state index in [1.165, 1.54) is 0 Å². The zero-order chi connectivity index (χ0) is 9.68. The van der Waals surface area contributed by atoms with Gasteiger partial charge in [0.1, 0.15) is 5.75 Å². The van der Waals surface area contributed by atoms with Gasteiger partial charge in [0.2, 0.25) is 0 Å². The van der Waals surface area contributed by atoms with Crippen LogP contribution in [0.3, 0.4) is 0 Å². The molecule has 80 valence electrons. The maximum Gasteiger partial charge on any atom is 0.120 e. The van der Waals surface area contributed by atoms with Crippen LogP contribution in [0.15, 0.2) is 24.3 Å². The third-order valence-electron chi connectivity index (χ3n) is 2.20. The molecule has 0 radical (unpaired) electrons. The van der Waals surface area contributed by atoms with Crippen molar-refractivity contribution < 1.29 is 5.11 Å². The molecule has 0 heterocycles. The van der Waals surface area contributed by atoms with Crippen molar-refractivity contribution in [2.45, 2.75) is 32.2 Å². The van der Waals surface area contributed by atoms with Crippen LogP contribution in [0.4, 0.5) is 0 Å². The second kappa shape index (κ2) is 6.68. The molecule has 3 heteroatoms. The van der Waals surface area contributed by atoms with E-state index in [1.807, 2.05) is 18.2 Å². The first kappa shape index (κ1) is 13.3. The van der Waals surface area contributed by atoms with E-state index in [4.69, 9.17) is 5.73 Å². The molecule has 0 spiro atoms. The molecule has 0 unspecified atom stereocenters. The number of rotatable bonds is 4. The van der Waals surface area contributed by atoms with Crippen molar-refractivity contribution in [3.8, 4) is 5.75 Å². The van der Waals surface area contributed by atoms with Crippen molar-refractivity contribution in [2.24, 2.45) is 5.73 Å². The molecule has 0 saturated heterocycles. The van der Waals surface area contributed by atoms with Crippen molar-refractivity contribution in [3.05, 3.63) is 29.8 Å². The van der Waals surface area contributed by atoms with Gasteiger partial charge in [0.25, 0.3) is 0 Å². The van der Waals surface area contributed by atoms with Gasteiger partial charge in [-0.1, -0.05) is 38.0 Å². The van der Waals surface area contributed by atoms with Crippen LogP contribution in [-0.4, -0.2) is 5.11 Å². The molecule has 0 aliphatic heterocycles. The molecule has 1 rings (SSSR count). The van der Waals surface area contributed by atoms with Crippen molar-refractivity contribution in [1.82, 2.24) is 0 Å². The summed E-state index contributed by atoms with van der Waals surface area (Å²) >= 11 is 0. The summed E-state index contributed by atoms with van der Waals surface area (Å²) in [6.45, 7) is 2.14. The molecule has 0 saturated carbocycles. The molecule has 1 atom stereocenters. The average Bonchev–Trinajstić information content (AvgIpc) is 2.15. The molecule has 14 heavy (non-hydrogen) atoms. The number of hydrogen-bond acceptors (Lipinski definition) is 2. The van der Waals surface area contributed by atoms with Crippen LogP contribution in [0.5, 0.6) is 5.75 Å². The summed E-state index contributed by atoms with van der Waals surface area (Å²) in [7, 11) is 0. The molecule has 0 bridgehead atoms. The summed E-state index contributed by atoms with van der Waals surface area (Å²) in [4.78, 5) is 0. The minimum Gasteiger partial charge on any atom is -0.508 e. The van der Waals surface area contributed by atoms with E-state index in [0.717, 1.165) is 24.8 Å². The fourth-order valence-electron chi connectivity index (χ4n) is 1.38. The summed E-state index contributed by atoms with van der Waals surface area (Å²) in [6.07, 6.45) is 3.19. The minimum atomic E-state index is -0.0267. The van der Waals surface area contributed by atoms with E-state index < -0.39 is 0 Å². The zero-order valence-corrected chi connectivity index (χ0v) is 9.26. The standard InChI is InChI=1S/C11H17NO.ClH/c1-2-3-7-10(12)9-6-4-5-8-11(9)13;/h4-6,8,10,13H,2-3,7,12H2,1H3;1H/t10-;/m0./s1. The van der Waals surface area contributed by atoms with Crippen LogP contribution < -0.4 is 5.73 Å². The summed E-state index contributed by atoms with van der Waals surface area (Å²) in [5.41, 5.74) is 6.78. The first-order valence-corrected chi connectivity index (χ1v) is 4.79. The largest absolute Gasteiger partial charge is 0.508 e. The number of phenolic OH excluding ortho intramolecular Hbond substituents is 1. The Hall–Kier alpha value is -0.730. The van der Waals surface area contributed by atoms with Crippen molar-refractivity contribution >= 4 is 12.4 Å². The lowest BCUT2D eigenvalue weighted by molar-refractivity contribution is 0.456. The van der Waals surface area contributed by atoms with Gasteiger partial charge < -0.3 is 10.8 Å². The first-order chi connectivity index (χ1) is 6.25. The van der Waals surface area contributed by atoms with Crippen molar-refractivity contribution in [2.75, 3.05) is 0 Å². The van der Waals surface area contributed by atoms with Gasteiger partial charge in [-0.2, -0.15) is 0 Å². The fraction of sp³-hybridized carbons (Fsp3) is 0.455. The first-order valence-electron chi connectivity index (χ1n) is 4.79. The quantitative estimate of drug-likeness (QED) is 0.811. The summed E-state index contributed by atoms with van der Waals surface area (Å²) in [5.74, 6) is 0.311. The number of nitrogens with two attached hydrogens (primary N) is 1. The van der Waals surface area contributed by atoms with E-state index in [2.05, 4.69) is 6.92 Å². The highest BCUT2D eigenvalue weighted by atomic mass is 35.5. The van der Waals surface area contributed by atoms with Gasteiger partial charge in [0.15, 0.2) is 0 Å². The lowest BCUT2D eigenvalue weighted by Crippen LogP contribution is -2.09. The van der Waals surface area contributed by atoms with Gasteiger partial charge >= 0.3 is 0 Å². The molecule has 0 aliphatic rings. The smallest absolute Gasteiger partial charge is 0.120 e.